The summed E-state index contributed by atoms with van der Waals surface area (Å²) in [5.41, 5.74) is 1.25. The Morgan fingerprint density at radius 1 is 1.29 bits per heavy atom. The molecule has 6 heteroatoms. The number of aliphatic hydroxyl groups is 1. The zero-order valence-corrected chi connectivity index (χ0v) is 11.1. The summed E-state index contributed by atoms with van der Waals surface area (Å²) in [6, 6.07) is 6.86. The average molecular weight is 258 g/mol. The largest absolute Gasteiger partial charge is 0.392 e. The molecular formula is C11H18N2O3S. The van der Waals surface area contributed by atoms with Gasteiger partial charge in [-0.05, 0) is 24.6 Å². The quantitative estimate of drug-likeness (QED) is 0.850. The summed E-state index contributed by atoms with van der Waals surface area (Å²) >= 11 is 0. The maximum atomic E-state index is 12.1. The Morgan fingerprint density at radius 3 is 2.41 bits per heavy atom. The van der Waals surface area contributed by atoms with E-state index in [1.807, 2.05) is 0 Å². The van der Waals surface area contributed by atoms with Gasteiger partial charge in [0.25, 0.3) is 0 Å². The molecule has 1 N–H and O–H groups in total. The van der Waals surface area contributed by atoms with E-state index in [0.717, 1.165) is 0 Å². The molecule has 5 nitrogen and oxygen atoms in total. The van der Waals surface area contributed by atoms with Crippen molar-refractivity contribution in [2.75, 3.05) is 24.9 Å². The highest BCUT2D eigenvalue weighted by Crippen LogP contribution is 2.20. The molecule has 96 valence electrons. The van der Waals surface area contributed by atoms with Crippen molar-refractivity contribution >= 4 is 15.9 Å². The molecule has 0 aliphatic rings. The highest BCUT2D eigenvalue weighted by molar-refractivity contribution is 7.90. The summed E-state index contributed by atoms with van der Waals surface area (Å²) in [5.74, 6) is 0. The maximum Gasteiger partial charge on any atom is 0.303 e. The molecule has 0 aromatic heterocycles. The van der Waals surface area contributed by atoms with E-state index in [1.54, 1.807) is 31.2 Å². The summed E-state index contributed by atoms with van der Waals surface area (Å²) in [6.45, 7) is 2.01. The van der Waals surface area contributed by atoms with Crippen LogP contribution in [0.3, 0.4) is 0 Å². The highest BCUT2D eigenvalue weighted by atomic mass is 32.2. The molecule has 0 unspecified atom stereocenters. The molecule has 0 spiro atoms. The first-order chi connectivity index (χ1) is 7.93. The molecule has 0 atom stereocenters. The van der Waals surface area contributed by atoms with Crippen LogP contribution >= 0.6 is 0 Å². The van der Waals surface area contributed by atoms with Gasteiger partial charge in [0.2, 0.25) is 0 Å². The number of anilines is 1. The van der Waals surface area contributed by atoms with Crippen LogP contribution < -0.4 is 4.31 Å². The van der Waals surface area contributed by atoms with Crippen LogP contribution in [0.2, 0.25) is 0 Å². The van der Waals surface area contributed by atoms with E-state index in [0.29, 0.717) is 17.8 Å². The van der Waals surface area contributed by atoms with Crippen LogP contribution in [0.5, 0.6) is 0 Å². The Kier molecular flexibility index (Phi) is 4.50. The summed E-state index contributed by atoms with van der Waals surface area (Å²) in [5, 5.41) is 9.05. The minimum absolute atomic E-state index is 0.104. The molecule has 1 aromatic carbocycles. The molecular weight excluding hydrogens is 240 g/mol. The number of hydrogen-bond acceptors (Lipinski definition) is 3. The second kappa shape index (κ2) is 5.48. The van der Waals surface area contributed by atoms with Gasteiger partial charge in [0.15, 0.2) is 0 Å². The Labute approximate surface area is 102 Å². The van der Waals surface area contributed by atoms with Gasteiger partial charge in [-0.3, -0.25) is 4.31 Å². The first-order valence-corrected chi connectivity index (χ1v) is 6.73. The normalized spacial score (nSPS) is 11.8. The van der Waals surface area contributed by atoms with Crippen LogP contribution in [-0.4, -0.2) is 38.5 Å². The van der Waals surface area contributed by atoms with E-state index in [4.69, 9.17) is 5.11 Å². The summed E-state index contributed by atoms with van der Waals surface area (Å²) in [6.07, 6.45) is 0. The lowest BCUT2D eigenvalue weighted by atomic mass is 10.2. The fourth-order valence-electron chi connectivity index (χ4n) is 1.49. The van der Waals surface area contributed by atoms with Crippen molar-refractivity contribution in [1.29, 1.82) is 0 Å². The number of hydrogen-bond donors (Lipinski definition) is 1. The number of nitrogens with zero attached hydrogens (tertiary/aromatic N) is 2. The maximum absolute atomic E-state index is 12.1. The lowest BCUT2D eigenvalue weighted by Crippen LogP contribution is -2.40. The number of aliphatic hydroxyl groups excluding tert-OH is 1. The van der Waals surface area contributed by atoms with Crippen LogP contribution in [-0.2, 0) is 16.8 Å². The molecule has 0 aliphatic heterocycles. The topological polar surface area (TPSA) is 60.9 Å². The summed E-state index contributed by atoms with van der Waals surface area (Å²) < 4.78 is 26.6. The van der Waals surface area contributed by atoms with Gasteiger partial charge in [-0.25, -0.2) is 0 Å². The molecule has 0 saturated carbocycles. The molecule has 0 bridgehead atoms. The van der Waals surface area contributed by atoms with Crippen molar-refractivity contribution in [3.8, 4) is 0 Å². The van der Waals surface area contributed by atoms with Gasteiger partial charge in [-0.1, -0.05) is 12.1 Å². The van der Waals surface area contributed by atoms with E-state index in [-0.39, 0.29) is 6.61 Å². The van der Waals surface area contributed by atoms with E-state index in [1.165, 1.54) is 22.7 Å². The van der Waals surface area contributed by atoms with Crippen molar-refractivity contribution in [2.24, 2.45) is 0 Å². The van der Waals surface area contributed by atoms with E-state index in [2.05, 4.69) is 0 Å². The average Bonchev–Trinajstić information content (AvgIpc) is 2.29. The third kappa shape index (κ3) is 2.96. The predicted octanol–water partition coefficient (Wildman–Crippen LogP) is 0.812. The lowest BCUT2D eigenvalue weighted by molar-refractivity contribution is 0.282. The second-order valence-electron chi connectivity index (χ2n) is 3.78. The van der Waals surface area contributed by atoms with Crippen molar-refractivity contribution in [3.63, 3.8) is 0 Å². The SMILES string of the molecule is CCN(c1cccc(CO)c1)S(=O)(=O)N(C)C. The minimum atomic E-state index is -3.48. The molecule has 0 radical (unpaired) electrons. The fraction of sp³-hybridized carbons (Fsp3) is 0.455. The predicted molar refractivity (Wildman–Crippen MR) is 68.0 cm³/mol. The van der Waals surface area contributed by atoms with Crippen LogP contribution in [0.15, 0.2) is 24.3 Å². The monoisotopic (exact) mass is 258 g/mol. The molecule has 1 rings (SSSR count). The third-order valence-corrected chi connectivity index (χ3v) is 4.36. The van der Waals surface area contributed by atoms with Crippen LogP contribution in [0.25, 0.3) is 0 Å². The number of rotatable bonds is 5. The molecule has 0 saturated heterocycles. The van der Waals surface area contributed by atoms with Crippen LogP contribution in [0.1, 0.15) is 12.5 Å². The minimum Gasteiger partial charge on any atom is -0.392 e. The van der Waals surface area contributed by atoms with Gasteiger partial charge in [0.05, 0.1) is 12.3 Å². The van der Waals surface area contributed by atoms with Gasteiger partial charge in [-0.2, -0.15) is 12.7 Å². The zero-order chi connectivity index (χ0) is 13.1. The van der Waals surface area contributed by atoms with E-state index >= 15 is 0 Å². The highest BCUT2D eigenvalue weighted by Gasteiger charge is 2.23. The third-order valence-electron chi connectivity index (χ3n) is 2.41. The van der Waals surface area contributed by atoms with Crippen molar-refractivity contribution in [3.05, 3.63) is 29.8 Å². The van der Waals surface area contributed by atoms with Crippen LogP contribution in [0.4, 0.5) is 5.69 Å². The van der Waals surface area contributed by atoms with Gasteiger partial charge in [0, 0.05) is 20.6 Å². The Morgan fingerprint density at radius 2 is 1.94 bits per heavy atom. The fourth-order valence-corrected chi connectivity index (χ4v) is 2.59. The molecule has 0 amide bonds. The first kappa shape index (κ1) is 14.0. The van der Waals surface area contributed by atoms with Crippen molar-refractivity contribution in [2.45, 2.75) is 13.5 Å². The number of benzene rings is 1. The van der Waals surface area contributed by atoms with Crippen molar-refractivity contribution in [1.82, 2.24) is 4.31 Å². The van der Waals surface area contributed by atoms with Gasteiger partial charge < -0.3 is 5.11 Å². The lowest BCUT2D eigenvalue weighted by Gasteiger charge is -2.26. The zero-order valence-electron chi connectivity index (χ0n) is 10.3. The Bertz CT molecular complexity index is 471. The molecule has 0 heterocycles. The smallest absolute Gasteiger partial charge is 0.303 e. The molecule has 0 aliphatic carbocycles. The van der Waals surface area contributed by atoms with Gasteiger partial charge in [-0.15, -0.1) is 0 Å². The molecule has 0 fully saturated rings. The molecule has 17 heavy (non-hydrogen) atoms. The van der Waals surface area contributed by atoms with Crippen molar-refractivity contribution < 1.29 is 13.5 Å². The van der Waals surface area contributed by atoms with Crippen LogP contribution in [0, 0.1) is 0 Å². The van der Waals surface area contributed by atoms with Gasteiger partial charge in [0.1, 0.15) is 0 Å². The Balaban J connectivity index is 3.18. The molecule has 1 aromatic rings. The van der Waals surface area contributed by atoms with E-state index < -0.39 is 10.2 Å². The standard InChI is InChI=1S/C11H18N2O3S/c1-4-13(17(15,16)12(2)3)11-7-5-6-10(8-11)9-14/h5-8,14H,4,9H2,1-3H3. The summed E-state index contributed by atoms with van der Waals surface area (Å²) in [7, 11) is -0.494. The second-order valence-corrected chi connectivity index (χ2v) is 5.85. The first-order valence-electron chi connectivity index (χ1n) is 5.33. The van der Waals surface area contributed by atoms with Gasteiger partial charge >= 0.3 is 10.2 Å². The summed E-state index contributed by atoms with van der Waals surface area (Å²) in [4.78, 5) is 0. The van der Waals surface area contributed by atoms with E-state index in [9.17, 15) is 8.42 Å². The Hall–Kier alpha value is -1.11.